The second kappa shape index (κ2) is 4.52. The van der Waals surface area contributed by atoms with Gasteiger partial charge in [0.1, 0.15) is 0 Å². The van der Waals surface area contributed by atoms with Crippen LogP contribution in [0.4, 0.5) is 5.69 Å². The summed E-state index contributed by atoms with van der Waals surface area (Å²) in [6.45, 7) is 12.0. The van der Waals surface area contributed by atoms with Gasteiger partial charge in [-0.1, -0.05) is 18.2 Å². The van der Waals surface area contributed by atoms with Crippen molar-refractivity contribution < 1.29 is 0 Å². The third-order valence-corrected chi connectivity index (χ3v) is 4.95. The molecule has 3 rings (SSSR count). The number of benzene rings is 1. The van der Waals surface area contributed by atoms with Gasteiger partial charge in [-0.25, -0.2) is 0 Å². The summed E-state index contributed by atoms with van der Waals surface area (Å²) in [5.41, 5.74) is 2.26. The van der Waals surface area contributed by atoms with E-state index < -0.39 is 0 Å². The van der Waals surface area contributed by atoms with Crippen LogP contribution in [0.25, 0.3) is 0 Å². The van der Waals surface area contributed by atoms with E-state index in [1.165, 1.54) is 44.7 Å². The molecule has 1 unspecified atom stereocenters. The van der Waals surface area contributed by atoms with E-state index in [4.69, 9.17) is 0 Å². The van der Waals surface area contributed by atoms with Crippen LogP contribution in [0.5, 0.6) is 0 Å². The molecular weight excluding hydrogens is 232 g/mol. The maximum absolute atomic E-state index is 2.67. The van der Waals surface area contributed by atoms with Crippen LogP contribution in [-0.2, 0) is 0 Å². The van der Waals surface area contributed by atoms with E-state index in [1.54, 1.807) is 0 Å². The summed E-state index contributed by atoms with van der Waals surface area (Å²) < 4.78 is 0. The highest BCUT2D eigenvalue weighted by atomic mass is 15.2. The zero-order valence-corrected chi connectivity index (χ0v) is 12.5. The van der Waals surface area contributed by atoms with E-state index in [9.17, 15) is 0 Å². The fourth-order valence-corrected chi connectivity index (χ4v) is 3.64. The molecule has 2 fully saturated rings. The summed E-state index contributed by atoms with van der Waals surface area (Å²) in [7, 11) is 0. The molecule has 2 saturated heterocycles. The fraction of sp³-hybridized carbons (Fsp3) is 0.647. The van der Waals surface area contributed by atoms with Crippen LogP contribution in [0.3, 0.4) is 0 Å². The van der Waals surface area contributed by atoms with Crippen molar-refractivity contribution in [1.29, 1.82) is 0 Å². The average Bonchev–Trinajstić information content (AvgIpc) is 2.98. The first-order chi connectivity index (χ1) is 8.99. The molecule has 0 N–H and O–H groups in total. The molecule has 2 heterocycles. The lowest BCUT2D eigenvalue weighted by Crippen LogP contribution is -2.41. The van der Waals surface area contributed by atoms with Gasteiger partial charge in [0.15, 0.2) is 0 Å². The van der Waals surface area contributed by atoms with Gasteiger partial charge in [0.2, 0.25) is 0 Å². The zero-order chi connectivity index (χ0) is 13.5. The van der Waals surface area contributed by atoms with Gasteiger partial charge >= 0.3 is 0 Å². The van der Waals surface area contributed by atoms with Crippen molar-refractivity contribution in [2.45, 2.75) is 39.2 Å². The van der Waals surface area contributed by atoms with Crippen molar-refractivity contribution in [1.82, 2.24) is 4.90 Å². The number of anilines is 1. The Morgan fingerprint density at radius 3 is 2.26 bits per heavy atom. The third-order valence-electron chi connectivity index (χ3n) is 4.95. The Balaban J connectivity index is 1.70. The van der Waals surface area contributed by atoms with E-state index in [2.05, 4.69) is 60.9 Å². The minimum absolute atomic E-state index is 0.323. The quantitative estimate of drug-likeness (QED) is 0.762. The lowest BCUT2D eigenvalue weighted by Gasteiger charge is -2.33. The minimum Gasteiger partial charge on any atom is -0.371 e. The molecule has 2 aliphatic rings. The number of nitrogens with zero attached hydrogens (tertiary/aromatic N) is 2. The summed E-state index contributed by atoms with van der Waals surface area (Å²) in [4.78, 5) is 5.24. The van der Waals surface area contributed by atoms with E-state index in [1.807, 2.05) is 0 Å². The van der Waals surface area contributed by atoms with Crippen LogP contribution in [0.1, 0.15) is 33.6 Å². The Morgan fingerprint density at radius 1 is 0.947 bits per heavy atom. The lowest BCUT2D eigenvalue weighted by molar-refractivity contribution is 0.153. The van der Waals surface area contributed by atoms with Crippen molar-refractivity contribution in [3.63, 3.8) is 0 Å². The largest absolute Gasteiger partial charge is 0.371 e. The van der Waals surface area contributed by atoms with Crippen LogP contribution in [0.2, 0.25) is 0 Å². The van der Waals surface area contributed by atoms with Crippen LogP contribution < -0.4 is 4.90 Å². The molecule has 2 nitrogen and oxygen atoms in total. The molecule has 1 aromatic carbocycles. The maximum atomic E-state index is 2.67. The van der Waals surface area contributed by atoms with Crippen LogP contribution in [0, 0.1) is 5.41 Å². The van der Waals surface area contributed by atoms with Crippen LogP contribution >= 0.6 is 0 Å². The van der Waals surface area contributed by atoms with Crippen LogP contribution in [-0.4, -0.2) is 36.6 Å². The fourth-order valence-electron chi connectivity index (χ4n) is 3.64. The van der Waals surface area contributed by atoms with Crippen molar-refractivity contribution in [2.24, 2.45) is 5.41 Å². The molecule has 1 atom stereocenters. The summed E-state index contributed by atoms with van der Waals surface area (Å²) in [5, 5.41) is 0. The normalized spacial score (nSPS) is 28.5. The molecule has 2 aliphatic heterocycles. The smallest absolute Gasteiger partial charge is 0.0366 e. The molecule has 0 radical (unpaired) electrons. The highest BCUT2D eigenvalue weighted by Gasteiger charge is 2.45. The van der Waals surface area contributed by atoms with E-state index in [-0.39, 0.29) is 0 Å². The SMILES string of the molecule is CC(C)(C)N1CCC2(CCN(c3ccccc3)C2)C1. The van der Waals surface area contributed by atoms with E-state index in [0.717, 1.165) is 0 Å². The third kappa shape index (κ3) is 2.51. The van der Waals surface area contributed by atoms with Gasteiger partial charge in [-0.15, -0.1) is 0 Å². The van der Waals surface area contributed by atoms with Gasteiger partial charge in [0.25, 0.3) is 0 Å². The second-order valence-electron chi connectivity index (χ2n) is 7.35. The zero-order valence-electron chi connectivity index (χ0n) is 12.5. The van der Waals surface area contributed by atoms with Crippen molar-refractivity contribution in [3.05, 3.63) is 30.3 Å². The second-order valence-corrected chi connectivity index (χ2v) is 7.35. The highest BCUT2D eigenvalue weighted by Crippen LogP contribution is 2.42. The van der Waals surface area contributed by atoms with Crippen molar-refractivity contribution in [3.8, 4) is 0 Å². The molecule has 2 heteroatoms. The summed E-state index contributed by atoms with van der Waals surface area (Å²) >= 11 is 0. The Bertz CT molecular complexity index is 434. The first kappa shape index (κ1) is 13.0. The monoisotopic (exact) mass is 258 g/mol. The number of hydrogen-bond acceptors (Lipinski definition) is 2. The summed E-state index contributed by atoms with van der Waals surface area (Å²) in [6.07, 6.45) is 2.72. The Kier molecular flexibility index (Phi) is 3.09. The molecule has 0 aromatic heterocycles. The van der Waals surface area contributed by atoms with Gasteiger partial charge in [-0.05, 0) is 52.3 Å². The molecule has 0 aliphatic carbocycles. The Hall–Kier alpha value is -1.02. The molecule has 0 bridgehead atoms. The van der Waals surface area contributed by atoms with Gasteiger partial charge in [-0.3, -0.25) is 4.90 Å². The predicted molar refractivity (Wildman–Crippen MR) is 81.6 cm³/mol. The van der Waals surface area contributed by atoms with Gasteiger partial charge in [0, 0.05) is 36.3 Å². The molecule has 0 saturated carbocycles. The van der Waals surface area contributed by atoms with Gasteiger partial charge in [0.05, 0.1) is 0 Å². The first-order valence-corrected chi connectivity index (χ1v) is 7.54. The molecule has 19 heavy (non-hydrogen) atoms. The predicted octanol–water partition coefficient (Wildman–Crippen LogP) is 3.39. The maximum Gasteiger partial charge on any atom is 0.0366 e. The molecule has 1 spiro atoms. The number of likely N-dealkylation sites (tertiary alicyclic amines) is 1. The van der Waals surface area contributed by atoms with Crippen molar-refractivity contribution in [2.75, 3.05) is 31.1 Å². The molecule has 1 aromatic rings. The van der Waals surface area contributed by atoms with Gasteiger partial charge < -0.3 is 4.90 Å². The molecular formula is C17H26N2. The molecule has 104 valence electrons. The number of rotatable bonds is 1. The van der Waals surface area contributed by atoms with E-state index in [0.29, 0.717) is 11.0 Å². The number of para-hydroxylation sites is 1. The summed E-state index contributed by atoms with van der Waals surface area (Å²) in [6, 6.07) is 10.9. The van der Waals surface area contributed by atoms with E-state index >= 15 is 0 Å². The standard InChI is InChI=1S/C17H26N2/c1-16(2,3)19-12-10-17(14-19)9-11-18(13-17)15-7-5-4-6-8-15/h4-8H,9-14H2,1-3H3. The van der Waals surface area contributed by atoms with Gasteiger partial charge in [-0.2, -0.15) is 0 Å². The Labute approximate surface area is 117 Å². The van der Waals surface area contributed by atoms with Crippen LogP contribution in [0.15, 0.2) is 30.3 Å². The topological polar surface area (TPSA) is 6.48 Å². The van der Waals surface area contributed by atoms with Crippen molar-refractivity contribution >= 4 is 5.69 Å². The number of hydrogen-bond donors (Lipinski definition) is 0. The molecule has 0 amide bonds. The Morgan fingerprint density at radius 2 is 1.63 bits per heavy atom. The average molecular weight is 258 g/mol. The highest BCUT2D eigenvalue weighted by molar-refractivity contribution is 5.47. The summed E-state index contributed by atoms with van der Waals surface area (Å²) in [5.74, 6) is 0. The lowest BCUT2D eigenvalue weighted by atomic mass is 9.86. The minimum atomic E-state index is 0.323. The first-order valence-electron chi connectivity index (χ1n) is 7.54.